The molecule has 0 spiro atoms. The van der Waals surface area contributed by atoms with E-state index in [1.54, 1.807) is 0 Å². The molecule has 1 heterocycles. The van der Waals surface area contributed by atoms with Crippen LogP contribution in [0.1, 0.15) is 19.3 Å². The molecule has 3 rings (SSSR count). The summed E-state index contributed by atoms with van der Waals surface area (Å²) in [7, 11) is 1.91. The lowest BCUT2D eigenvalue weighted by Gasteiger charge is -2.25. The van der Waals surface area contributed by atoms with Crippen molar-refractivity contribution in [3.63, 3.8) is 0 Å². The van der Waals surface area contributed by atoms with Crippen molar-refractivity contribution in [2.75, 3.05) is 39.8 Å². The molecule has 0 amide bonds. The average Bonchev–Trinajstić information content (AvgIpc) is 2.95. The Labute approximate surface area is 184 Å². The minimum atomic E-state index is -0.762. The molecule has 1 unspecified atom stereocenters. The van der Waals surface area contributed by atoms with Gasteiger partial charge in [-0.2, -0.15) is 0 Å². The highest BCUT2D eigenvalue weighted by Gasteiger charge is 2.21. The molecule has 1 aliphatic rings. The summed E-state index contributed by atoms with van der Waals surface area (Å²) in [5.41, 5.74) is 0. The zero-order valence-electron chi connectivity index (χ0n) is 17.4. The molecule has 0 saturated carbocycles. The number of hydrogen-bond donors (Lipinski definition) is 1. The maximum Gasteiger partial charge on any atom is 0.317 e. The first kappa shape index (κ1) is 24.0. The quantitative estimate of drug-likeness (QED) is 0.639. The molecule has 0 aromatic heterocycles. The third-order valence-electron chi connectivity index (χ3n) is 5.28. The van der Waals surface area contributed by atoms with Gasteiger partial charge in [0.15, 0.2) is 0 Å². The Bertz CT molecular complexity index is 758. The normalized spacial score (nSPS) is 17.1. The molecule has 0 aliphatic carbocycles. The van der Waals surface area contributed by atoms with Crippen molar-refractivity contribution >= 4 is 18.4 Å². The lowest BCUT2D eigenvalue weighted by molar-refractivity contribution is -0.138. The largest absolute Gasteiger partial charge is 0.492 e. The lowest BCUT2D eigenvalue weighted by Crippen LogP contribution is -2.37. The smallest absolute Gasteiger partial charge is 0.317 e. The summed E-state index contributed by atoms with van der Waals surface area (Å²) in [5, 5.41) is 8.98. The van der Waals surface area contributed by atoms with Gasteiger partial charge in [0, 0.05) is 12.6 Å². The van der Waals surface area contributed by atoms with Crippen LogP contribution >= 0.6 is 12.4 Å². The van der Waals surface area contributed by atoms with E-state index in [9.17, 15) is 4.79 Å². The van der Waals surface area contributed by atoms with Crippen molar-refractivity contribution < 1.29 is 19.4 Å². The van der Waals surface area contributed by atoms with E-state index in [2.05, 4.69) is 4.90 Å². The standard InChI is InChI=1S/C23H30N2O4.ClH/c1-24(18-23(26)27)19-6-5-14-25(15-13-19)16-17-28-20-9-11-22(12-10-20)29-21-7-3-2-4-8-21;/h2-4,7-12,19H,5-6,13-18H2,1H3,(H,26,27);1H. The van der Waals surface area contributed by atoms with Gasteiger partial charge in [-0.25, -0.2) is 0 Å². The van der Waals surface area contributed by atoms with Crippen LogP contribution in [0, 0.1) is 0 Å². The molecule has 164 valence electrons. The summed E-state index contributed by atoms with van der Waals surface area (Å²) in [5.74, 6) is 1.67. The summed E-state index contributed by atoms with van der Waals surface area (Å²) < 4.78 is 11.7. The number of likely N-dealkylation sites (tertiary alicyclic amines) is 1. The first-order valence-electron chi connectivity index (χ1n) is 10.2. The summed E-state index contributed by atoms with van der Waals surface area (Å²) in [6, 6.07) is 17.7. The van der Waals surface area contributed by atoms with Crippen LogP contribution in [0.4, 0.5) is 0 Å². The number of benzene rings is 2. The molecule has 1 aliphatic heterocycles. The molecular weight excluding hydrogens is 404 g/mol. The van der Waals surface area contributed by atoms with Crippen molar-refractivity contribution in [1.29, 1.82) is 0 Å². The van der Waals surface area contributed by atoms with E-state index in [4.69, 9.17) is 14.6 Å². The minimum Gasteiger partial charge on any atom is -0.492 e. The minimum absolute atomic E-state index is 0. The van der Waals surface area contributed by atoms with Gasteiger partial charge in [-0.3, -0.25) is 14.6 Å². The van der Waals surface area contributed by atoms with Gasteiger partial charge in [0.25, 0.3) is 0 Å². The Morgan fingerprint density at radius 2 is 1.70 bits per heavy atom. The molecule has 0 bridgehead atoms. The van der Waals surface area contributed by atoms with Gasteiger partial charge in [0.2, 0.25) is 0 Å². The molecular formula is C23H31ClN2O4. The van der Waals surface area contributed by atoms with Crippen LogP contribution < -0.4 is 9.47 Å². The SMILES string of the molecule is CN(CC(=O)O)C1CCCN(CCOc2ccc(Oc3ccccc3)cc2)CC1.Cl. The number of carboxylic acid groups (broad SMARTS) is 1. The number of hydrogen-bond acceptors (Lipinski definition) is 5. The first-order valence-corrected chi connectivity index (χ1v) is 10.2. The maximum atomic E-state index is 10.9. The highest BCUT2D eigenvalue weighted by atomic mass is 35.5. The van der Waals surface area contributed by atoms with Gasteiger partial charge in [0.1, 0.15) is 23.9 Å². The molecule has 0 radical (unpaired) electrons. The van der Waals surface area contributed by atoms with Crippen LogP contribution in [-0.2, 0) is 4.79 Å². The van der Waals surface area contributed by atoms with E-state index >= 15 is 0 Å². The monoisotopic (exact) mass is 434 g/mol. The number of carboxylic acids is 1. The number of rotatable bonds is 9. The Kier molecular flexibility index (Phi) is 9.94. The molecule has 7 heteroatoms. The van der Waals surface area contributed by atoms with Crippen molar-refractivity contribution in [3.8, 4) is 17.2 Å². The second-order valence-electron chi connectivity index (χ2n) is 7.47. The number of para-hydroxylation sites is 1. The van der Waals surface area contributed by atoms with Crippen LogP contribution in [-0.4, -0.2) is 66.8 Å². The summed E-state index contributed by atoms with van der Waals surface area (Å²) in [6.07, 6.45) is 3.12. The average molecular weight is 435 g/mol. The fourth-order valence-corrected chi connectivity index (χ4v) is 3.67. The lowest BCUT2D eigenvalue weighted by atomic mass is 10.1. The molecule has 2 aromatic carbocycles. The molecule has 30 heavy (non-hydrogen) atoms. The van der Waals surface area contributed by atoms with E-state index < -0.39 is 5.97 Å². The fourth-order valence-electron chi connectivity index (χ4n) is 3.67. The van der Waals surface area contributed by atoms with Gasteiger partial charge < -0.3 is 14.6 Å². The highest BCUT2D eigenvalue weighted by Crippen LogP contribution is 2.23. The predicted molar refractivity (Wildman–Crippen MR) is 120 cm³/mol. The second-order valence-corrected chi connectivity index (χ2v) is 7.47. The Morgan fingerprint density at radius 1 is 1.03 bits per heavy atom. The van der Waals surface area contributed by atoms with E-state index in [0.29, 0.717) is 12.6 Å². The zero-order chi connectivity index (χ0) is 20.5. The van der Waals surface area contributed by atoms with Gasteiger partial charge in [-0.1, -0.05) is 18.2 Å². The third kappa shape index (κ3) is 7.86. The zero-order valence-corrected chi connectivity index (χ0v) is 18.2. The Hall–Kier alpha value is -2.28. The molecule has 1 N–H and O–H groups in total. The maximum absolute atomic E-state index is 10.9. The molecule has 1 saturated heterocycles. The number of likely N-dealkylation sites (N-methyl/N-ethyl adjacent to an activating group) is 1. The number of nitrogens with zero attached hydrogens (tertiary/aromatic N) is 2. The number of ether oxygens (including phenoxy) is 2. The van der Waals surface area contributed by atoms with Crippen molar-refractivity contribution in [2.24, 2.45) is 0 Å². The van der Waals surface area contributed by atoms with E-state index in [1.807, 2.05) is 66.5 Å². The van der Waals surface area contributed by atoms with E-state index in [0.717, 1.165) is 56.1 Å². The summed E-state index contributed by atoms with van der Waals surface area (Å²) >= 11 is 0. The Morgan fingerprint density at radius 3 is 2.40 bits per heavy atom. The Balaban J connectivity index is 0.00000320. The fraction of sp³-hybridized carbons (Fsp3) is 0.435. The summed E-state index contributed by atoms with van der Waals surface area (Å²) in [4.78, 5) is 15.3. The van der Waals surface area contributed by atoms with Crippen molar-refractivity contribution in [3.05, 3.63) is 54.6 Å². The van der Waals surface area contributed by atoms with Crippen LogP contribution in [0.15, 0.2) is 54.6 Å². The second kappa shape index (κ2) is 12.4. The first-order chi connectivity index (χ1) is 14.1. The predicted octanol–water partition coefficient (Wildman–Crippen LogP) is 4.15. The van der Waals surface area contributed by atoms with Crippen LogP contribution in [0.25, 0.3) is 0 Å². The van der Waals surface area contributed by atoms with Gasteiger partial charge in [-0.15, -0.1) is 12.4 Å². The van der Waals surface area contributed by atoms with E-state index in [1.165, 1.54) is 0 Å². The highest BCUT2D eigenvalue weighted by molar-refractivity contribution is 5.85. The molecule has 1 atom stereocenters. The van der Waals surface area contributed by atoms with Crippen molar-refractivity contribution in [1.82, 2.24) is 9.80 Å². The number of aliphatic carboxylic acids is 1. The molecule has 2 aromatic rings. The molecule has 6 nitrogen and oxygen atoms in total. The molecule has 1 fully saturated rings. The van der Waals surface area contributed by atoms with E-state index in [-0.39, 0.29) is 19.0 Å². The van der Waals surface area contributed by atoms with Gasteiger partial charge >= 0.3 is 5.97 Å². The number of carbonyl (C=O) groups is 1. The van der Waals surface area contributed by atoms with Crippen LogP contribution in [0.2, 0.25) is 0 Å². The third-order valence-corrected chi connectivity index (χ3v) is 5.28. The van der Waals surface area contributed by atoms with Crippen molar-refractivity contribution in [2.45, 2.75) is 25.3 Å². The summed E-state index contributed by atoms with van der Waals surface area (Å²) in [6.45, 7) is 3.62. The topological polar surface area (TPSA) is 62.2 Å². The van der Waals surface area contributed by atoms with Gasteiger partial charge in [0.05, 0.1) is 6.54 Å². The van der Waals surface area contributed by atoms with Crippen LogP contribution in [0.3, 0.4) is 0 Å². The van der Waals surface area contributed by atoms with Gasteiger partial charge in [-0.05, 0) is 75.8 Å². The van der Waals surface area contributed by atoms with Crippen LogP contribution in [0.5, 0.6) is 17.2 Å². The number of halogens is 1.